The summed E-state index contributed by atoms with van der Waals surface area (Å²) in [4.78, 5) is 32.3. The Morgan fingerprint density at radius 2 is 1.78 bits per heavy atom. The van der Waals surface area contributed by atoms with Crippen LogP contribution >= 0.6 is 11.3 Å². The predicted molar refractivity (Wildman–Crippen MR) is 142 cm³/mol. The number of rotatable bonds is 7. The molecule has 6 nitrogen and oxygen atoms in total. The molecule has 2 aromatic carbocycles. The minimum Gasteiger partial charge on any atom is -0.451 e. The first-order chi connectivity index (χ1) is 17.5. The second-order valence-corrected chi connectivity index (χ2v) is 9.47. The molecule has 1 atom stereocenters. The number of Topliss-reactive ketones (excluding diaryl/α,β-unsaturated/α-hetero) is 1. The Morgan fingerprint density at radius 3 is 2.44 bits per heavy atom. The number of hydrogen-bond donors (Lipinski definition) is 0. The summed E-state index contributed by atoms with van der Waals surface area (Å²) in [6.45, 7) is 5.50. The van der Waals surface area contributed by atoms with Gasteiger partial charge in [0, 0.05) is 5.56 Å². The maximum absolute atomic E-state index is 13.5. The Bertz CT molecular complexity index is 1540. The third kappa shape index (κ3) is 4.45. The summed E-state index contributed by atoms with van der Waals surface area (Å²) >= 11 is 1.53. The number of thiophene rings is 1. The number of para-hydroxylation sites is 1. The summed E-state index contributed by atoms with van der Waals surface area (Å²) in [7, 11) is 0. The molecule has 0 N–H and O–H groups in total. The fourth-order valence-electron chi connectivity index (χ4n) is 4.17. The summed E-state index contributed by atoms with van der Waals surface area (Å²) < 4.78 is 7.45. The first-order valence-corrected chi connectivity index (χ1v) is 12.7. The zero-order chi connectivity index (χ0) is 25.2. The lowest BCUT2D eigenvalue weighted by molar-refractivity contribution is 0.0320. The fraction of sp³-hybridized carbons (Fsp3) is 0.172. The molecule has 0 saturated carbocycles. The van der Waals surface area contributed by atoms with E-state index in [1.165, 1.54) is 11.3 Å². The van der Waals surface area contributed by atoms with E-state index in [-0.39, 0.29) is 5.78 Å². The molecular formula is C29H25N3O3S. The highest BCUT2D eigenvalue weighted by Gasteiger charge is 2.26. The molecule has 0 saturated heterocycles. The van der Waals surface area contributed by atoms with Gasteiger partial charge >= 0.3 is 5.97 Å². The van der Waals surface area contributed by atoms with Gasteiger partial charge in [0.2, 0.25) is 5.78 Å². The molecule has 5 rings (SSSR count). The van der Waals surface area contributed by atoms with Crippen LogP contribution in [0.25, 0.3) is 27.3 Å². The highest BCUT2D eigenvalue weighted by atomic mass is 32.1. The van der Waals surface area contributed by atoms with E-state index in [4.69, 9.17) is 9.72 Å². The largest absolute Gasteiger partial charge is 0.451 e. The smallest absolute Gasteiger partial charge is 0.339 e. The number of aryl methyl sites for hydroxylation is 2. The molecule has 7 heteroatoms. The van der Waals surface area contributed by atoms with E-state index in [9.17, 15) is 9.59 Å². The van der Waals surface area contributed by atoms with Gasteiger partial charge in [0.15, 0.2) is 11.8 Å². The molecule has 3 heterocycles. The van der Waals surface area contributed by atoms with E-state index >= 15 is 0 Å². The van der Waals surface area contributed by atoms with Crippen LogP contribution in [0.3, 0.4) is 0 Å². The average molecular weight is 496 g/mol. The molecule has 0 aliphatic rings. The van der Waals surface area contributed by atoms with Crippen LogP contribution in [0.15, 0.2) is 78.2 Å². The Balaban J connectivity index is 1.55. The molecular weight excluding hydrogens is 470 g/mol. The zero-order valence-corrected chi connectivity index (χ0v) is 21.1. The van der Waals surface area contributed by atoms with E-state index in [1.807, 2.05) is 66.9 Å². The zero-order valence-electron chi connectivity index (χ0n) is 20.3. The summed E-state index contributed by atoms with van der Waals surface area (Å²) in [5, 5.41) is 7.26. The number of carbonyl (C=O) groups excluding carboxylic acids is 2. The first-order valence-electron chi connectivity index (χ1n) is 11.8. The molecule has 36 heavy (non-hydrogen) atoms. The summed E-state index contributed by atoms with van der Waals surface area (Å²) in [5.74, 6) is -0.826. The molecule has 0 spiro atoms. The molecule has 180 valence electrons. The minimum absolute atomic E-state index is 0.244. The highest BCUT2D eigenvalue weighted by Crippen LogP contribution is 2.31. The van der Waals surface area contributed by atoms with Gasteiger partial charge in [-0.05, 0) is 55.5 Å². The van der Waals surface area contributed by atoms with Gasteiger partial charge in [-0.2, -0.15) is 5.10 Å². The molecule has 0 aliphatic carbocycles. The van der Waals surface area contributed by atoms with Crippen LogP contribution in [0, 0.1) is 6.92 Å². The number of ether oxygens (including phenoxy) is 1. The maximum atomic E-state index is 13.5. The fourth-order valence-corrected chi connectivity index (χ4v) is 4.85. The van der Waals surface area contributed by atoms with Crippen molar-refractivity contribution < 1.29 is 14.3 Å². The number of fused-ring (bicyclic) bond motifs is 1. The van der Waals surface area contributed by atoms with Crippen LogP contribution < -0.4 is 0 Å². The number of nitrogens with zero attached hydrogens (tertiary/aromatic N) is 3. The van der Waals surface area contributed by atoms with Crippen molar-refractivity contribution in [1.29, 1.82) is 0 Å². The number of pyridine rings is 1. The van der Waals surface area contributed by atoms with Crippen LogP contribution in [-0.4, -0.2) is 32.6 Å². The lowest BCUT2D eigenvalue weighted by Crippen LogP contribution is -2.24. The molecule has 1 unspecified atom stereocenters. The van der Waals surface area contributed by atoms with Gasteiger partial charge < -0.3 is 4.74 Å². The van der Waals surface area contributed by atoms with Crippen molar-refractivity contribution in [2.45, 2.75) is 33.3 Å². The molecule has 0 aliphatic heterocycles. The number of benzene rings is 2. The lowest BCUT2D eigenvalue weighted by atomic mass is 10.0. The predicted octanol–water partition coefficient (Wildman–Crippen LogP) is 6.45. The maximum Gasteiger partial charge on any atom is 0.339 e. The van der Waals surface area contributed by atoms with Crippen molar-refractivity contribution in [3.05, 3.63) is 101 Å². The van der Waals surface area contributed by atoms with E-state index < -0.39 is 12.1 Å². The van der Waals surface area contributed by atoms with E-state index in [0.29, 0.717) is 33.5 Å². The SMILES string of the molecule is CCc1ccc(C(=O)C(C)OC(=O)c2cc(-c3cccs3)nc3c2c(C)nn3-c2ccccc2)cc1. The molecule has 0 bridgehead atoms. The van der Waals surface area contributed by atoms with Crippen molar-refractivity contribution in [2.24, 2.45) is 0 Å². The highest BCUT2D eigenvalue weighted by molar-refractivity contribution is 7.13. The van der Waals surface area contributed by atoms with Crippen LogP contribution in [0.5, 0.6) is 0 Å². The Hall–Kier alpha value is -4.10. The molecule has 0 fully saturated rings. The van der Waals surface area contributed by atoms with Gasteiger partial charge in [0.05, 0.1) is 32.9 Å². The standard InChI is InChI=1S/C29H25N3O3S/c1-4-20-12-14-21(15-13-20)27(33)19(3)35-29(34)23-17-24(25-11-8-16-36-25)30-28-26(23)18(2)31-32(28)22-9-6-5-7-10-22/h5-17,19H,4H2,1-3H3. The van der Waals surface area contributed by atoms with Gasteiger partial charge in [0.1, 0.15) is 0 Å². The van der Waals surface area contributed by atoms with Gasteiger partial charge in [-0.1, -0.05) is 55.5 Å². The van der Waals surface area contributed by atoms with Crippen LogP contribution in [-0.2, 0) is 11.2 Å². The number of hydrogen-bond acceptors (Lipinski definition) is 6. The molecule has 5 aromatic rings. The molecule has 0 radical (unpaired) electrons. The Kier molecular flexibility index (Phi) is 6.48. The Morgan fingerprint density at radius 1 is 1.03 bits per heavy atom. The Labute approximate surface area is 213 Å². The molecule has 0 amide bonds. The first kappa shape index (κ1) is 23.6. The van der Waals surface area contributed by atoms with Crippen molar-refractivity contribution in [1.82, 2.24) is 14.8 Å². The second-order valence-electron chi connectivity index (χ2n) is 8.53. The third-order valence-electron chi connectivity index (χ3n) is 6.11. The van der Waals surface area contributed by atoms with Gasteiger partial charge in [-0.3, -0.25) is 4.79 Å². The van der Waals surface area contributed by atoms with Crippen LogP contribution in [0.4, 0.5) is 0 Å². The summed E-state index contributed by atoms with van der Waals surface area (Å²) in [6.07, 6.45) is -0.0533. The topological polar surface area (TPSA) is 74.1 Å². The quantitative estimate of drug-likeness (QED) is 0.192. The van der Waals surface area contributed by atoms with Gasteiger partial charge in [-0.25, -0.2) is 14.5 Å². The summed E-state index contributed by atoms with van der Waals surface area (Å²) in [6, 6.07) is 22.7. The van der Waals surface area contributed by atoms with E-state index in [1.54, 1.807) is 29.8 Å². The number of ketones is 1. The van der Waals surface area contributed by atoms with Gasteiger partial charge in [0.25, 0.3) is 0 Å². The second kappa shape index (κ2) is 9.87. The summed E-state index contributed by atoms with van der Waals surface area (Å²) in [5.41, 5.74) is 4.69. The van der Waals surface area contributed by atoms with Crippen molar-refractivity contribution >= 4 is 34.1 Å². The average Bonchev–Trinajstić information content (AvgIpc) is 3.57. The van der Waals surface area contributed by atoms with Crippen molar-refractivity contribution in [3.8, 4) is 16.3 Å². The van der Waals surface area contributed by atoms with E-state index in [2.05, 4.69) is 12.0 Å². The van der Waals surface area contributed by atoms with Crippen LogP contribution in [0.2, 0.25) is 0 Å². The van der Waals surface area contributed by atoms with E-state index in [0.717, 1.165) is 22.5 Å². The van der Waals surface area contributed by atoms with Crippen molar-refractivity contribution in [3.63, 3.8) is 0 Å². The normalized spacial score (nSPS) is 12.0. The van der Waals surface area contributed by atoms with Gasteiger partial charge in [-0.15, -0.1) is 11.3 Å². The van der Waals surface area contributed by atoms with Crippen molar-refractivity contribution in [2.75, 3.05) is 0 Å². The monoisotopic (exact) mass is 495 g/mol. The minimum atomic E-state index is -0.942. The molecule has 3 aromatic heterocycles. The van der Waals surface area contributed by atoms with Crippen LogP contribution in [0.1, 0.15) is 45.8 Å². The number of aromatic nitrogens is 3. The number of esters is 1. The lowest BCUT2D eigenvalue weighted by Gasteiger charge is -2.14. The third-order valence-corrected chi connectivity index (χ3v) is 7.00. The number of carbonyl (C=O) groups is 2.